The van der Waals surface area contributed by atoms with E-state index < -0.39 is 11.7 Å². The van der Waals surface area contributed by atoms with Crippen molar-refractivity contribution in [1.29, 1.82) is 0 Å². The van der Waals surface area contributed by atoms with Crippen molar-refractivity contribution < 1.29 is 27.4 Å². The summed E-state index contributed by atoms with van der Waals surface area (Å²) in [5.74, 6) is 0.410. The monoisotopic (exact) mass is 548 g/mol. The third kappa shape index (κ3) is 6.88. The van der Waals surface area contributed by atoms with Crippen molar-refractivity contribution in [1.82, 2.24) is 25.1 Å². The number of piperidine rings is 1. The number of ether oxygens (including phenoxy) is 2. The molecule has 0 unspecified atom stereocenters. The summed E-state index contributed by atoms with van der Waals surface area (Å²) >= 11 is 3.12. The average Bonchev–Trinajstić information content (AvgIpc) is 2.83. The van der Waals surface area contributed by atoms with Gasteiger partial charge in [0.05, 0.1) is 25.0 Å². The van der Waals surface area contributed by atoms with Crippen LogP contribution in [0.2, 0.25) is 0 Å². The second kappa shape index (κ2) is 11.6. The van der Waals surface area contributed by atoms with Crippen molar-refractivity contribution in [3.8, 4) is 5.75 Å². The van der Waals surface area contributed by atoms with Crippen LogP contribution in [0.15, 0.2) is 27.9 Å². The number of rotatable bonds is 9. The normalized spacial score (nSPS) is 14.8. The van der Waals surface area contributed by atoms with E-state index >= 15 is 0 Å². The Morgan fingerprint density at radius 1 is 1.24 bits per heavy atom. The maximum Gasteiger partial charge on any atom is 0.419 e. The number of carbonyl (C=O) groups is 1. The summed E-state index contributed by atoms with van der Waals surface area (Å²) in [5.41, 5.74) is -1.27. The Hall–Kier alpha value is -2.74. The molecule has 3 heterocycles. The first-order valence-corrected chi connectivity index (χ1v) is 11.3. The fourth-order valence-corrected chi connectivity index (χ4v) is 3.67. The van der Waals surface area contributed by atoms with Crippen LogP contribution in [0.1, 0.15) is 24.8 Å². The largest absolute Gasteiger partial charge is 0.490 e. The van der Waals surface area contributed by atoms with E-state index in [2.05, 4.69) is 36.1 Å². The molecule has 0 aromatic carbocycles. The van der Waals surface area contributed by atoms with Gasteiger partial charge in [-0.3, -0.25) is 9.59 Å². The zero-order valence-corrected chi connectivity index (χ0v) is 19.9. The minimum atomic E-state index is -4.47. The third-order valence-corrected chi connectivity index (χ3v) is 6.08. The molecule has 34 heavy (non-hydrogen) atoms. The molecule has 3 rings (SSSR count). The molecule has 0 atom stereocenters. The van der Waals surface area contributed by atoms with Gasteiger partial charge in [0.15, 0.2) is 5.75 Å². The van der Waals surface area contributed by atoms with Gasteiger partial charge in [0.1, 0.15) is 11.1 Å². The first-order valence-electron chi connectivity index (χ1n) is 10.5. The zero-order chi connectivity index (χ0) is 24.7. The molecule has 1 fully saturated rings. The number of halogens is 4. The molecular formula is C20H24BrF3N6O4. The first kappa shape index (κ1) is 25.9. The summed E-state index contributed by atoms with van der Waals surface area (Å²) in [5, 5.41) is 5.93. The SMILES string of the molecule is CN(C(=O)COCCCOc1cn[nH]c(=O)c1Br)C1CCN(c2ncc(C(F)(F)F)cn2)CC1. The summed E-state index contributed by atoms with van der Waals surface area (Å²) in [6.45, 7) is 1.57. The molecule has 2 aromatic heterocycles. The molecule has 0 spiro atoms. The lowest BCUT2D eigenvalue weighted by Crippen LogP contribution is -2.47. The Morgan fingerprint density at radius 2 is 1.91 bits per heavy atom. The van der Waals surface area contributed by atoms with Gasteiger partial charge in [-0.2, -0.15) is 18.3 Å². The highest BCUT2D eigenvalue weighted by atomic mass is 79.9. The molecule has 14 heteroatoms. The van der Waals surface area contributed by atoms with Gasteiger partial charge < -0.3 is 19.3 Å². The van der Waals surface area contributed by atoms with Crippen LogP contribution in [0.3, 0.4) is 0 Å². The van der Waals surface area contributed by atoms with Crippen molar-refractivity contribution in [3.63, 3.8) is 0 Å². The molecule has 2 aromatic rings. The molecule has 1 N–H and O–H groups in total. The molecule has 1 aliphatic heterocycles. The van der Waals surface area contributed by atoms with Crippen molar-refractivity contribution in [2.75, 3.05) is 44.9 Å². The number of alkyl halides is 3. The van der Waals surface area contributed by atoms with Gasteiger partial charge in [0.2, 0.25) is 11.9 Å². The predicted octanol–water partition coefficient (Wildman–Crippen LogP) is 2.25. The van der Waals surface area contributed by atoms with Crippen molar-refractivity contribution in [2.45, 2.75) is 31.5 Å². The fraction of sp³-hybridized carbons (Fsp3) is 0.550. The number of anilines is 1. The second-order valence-corrected chi connectivity index (χ2v) is 8.42. The van der Waals surface area contributed by atoms with Crippen LogP contribution >= 0.6 is 15.9 Å². The number of carbonyl (C=O) groups excluding carboxylic acids is 1. The quantitative estimate of drug-likeness (QED) is 0.474. The fourth-order valence-electron chi connectivity index (χ4n) is 3.36. The van der Waals surface area contributed by atoms with E-state index in [1.807, 2.05) is 0 Å². The second-order valence-electron chi connectivity index (χ2n) is 7.62. The Balaban J connectivity index is 1.34. The van der Waals surface area contributed by atoms with Gasteiger partial charge in [-0.1, -0.05) is 0 Å². The molecule has 0 radical (unpaired) electrons. The molecule has 0 bridgehead atoms. The topological polar surface area (TPSA) is 114 Å². The van der Waals surface area contributed by atoms with Crippen LogP contribution in [0, 0.1) is 0 Å². The number of hydrogen-bond donors (Lipinski definition) is 1. The van der Waals surface area contributed by atoms with Gasteiger partial charge in [0.25, 0.3) is 5.56 Å². The van der Waals surface area contributed by atoms with Crippen LogP contribution in [0.5, 0.6) is 5.75 Å². The Kier molecular flexibility index (Phi) is 8.83. The molecule has 10 nitrogen and oxygen atoms in total. The lowest BCUT2D eigenvalue weighted by molar-refractivity contribution is -0.138. The van der Waals surface area contributed by atoms with Gasteiger partial charge in [-0.25, -0.2) is 15.1 Å². The third-order valence-electron chi connectivity index (χ3n) is 5.33. The molecule has 0 saturated carbocycles. The van der Waals surface area contributed by atoms with Crippen LogP contribution in [-0.4, -0.2) is 77.0 Å². The van der Waals surface area contributed by atoms with Crippen LogP contribution in [0.4, 0.5) is 19.1 Å². The number of nitrogens with one attached hydrogen (secondary N) is 1. The average molecular weight is 549 g/mol. The van der Waals surface area contributed by atoms with Crippen molar-refractivity contribution in [2.24, 2.45) is 0 Å². The lowest BCUT2D eigenvalue weighted by atomic mass is 10.0. The minimum Gasteiger partial charge on any atom is -0.490 e. The number of aromatic amines is 1. The summed E-state index contributed by atoms with van der Waals surface area (Å²) in [6.07, 6.45) is 0.269. The molecule has 186 valence electrons. The summed E-state index contributed by atoms with van der Waals surface area (Å²) in [4.78, 5) is 35.0. The maximum atomic E-state index is 12.7. The molecule has 1 aliphatic rings. The molecular weight excluding hydrogens is 525 g/mol. The van der Waals surface area contributed by atoms with E-state index in [9.17, 15) is 22.8 Å². The van der Waals surface area contributed by atoms with E-state index in [0.717, 1.165) is 12.4 Å². The number of H-pyrrole nitrogens is 1. The van der Waals surface area contributed by atoms with Gasteiger partial charge in [-0.15, -0.1) is 0 Å². The smallest absolute Gasteiger partial charge is 0.419 e. The van der Waals surface area contributed by atoms with E-state index in [0.29, 0.717) is 44.7 Å². The number of nitrogens with zero attached hydrogens (tertiary/aromatic N) is 5. The number of amides is 1. The van der Waals surface area contributed by atoms with Gasteiger partial charge in [0, 0.05) is 45.0 Å². The van der Waals surface area contributed by atoms with Crippen LogP contribution in [0.25, 0.3) is 0 Å². The van der Waals surface area contributed by atoms with Gasteiger partial charge in [-0.05, 0) is 28.8 Å². The van der Waals surface area contributed by atoms with Crippen molar-refractivity contribution in [3.05, 3.63) is 39.0 Å². The Bertz CT molecular complexity index is 1010. The number of likely N-dealkylation sites (N-methyl/N-ethyl adjacent to an activating group) is 1. The van der Waals surface area contributed by atoms with Gasteiger partial charge >= 0.3 is 6.18 Å². The lowest BCUT2D eigenvalue weighted by Gasteiger charge is -2.36. The number of hydrogen-bond acceptors (Lipinski definition) is 8. The van der Waals surface area contributed by atoms with Crippen LogP contribution < -0.4 is 15.2 Å². The highest BCUT2D eigenvalue weighted by Gasteiger charge is 2.32. The highest BCUT2D eigenvalue weighted by Crippen LogP contribution is 2.29. The predicted molar refractivity (Wildman–Crippen MR) is 119 cm³/mol. The molecule has 0 aliphatic carbocycles. The summed E-state index contributed by atoms with van der Waals surface area (Å²) < 4.78 is 49.1. The zero-order valence-electron chi connectivity index (χ0n) is 18.3. The van der Waals surface area contributed by atoms with E-state index in [1.165, 1.54) is 6.20 Å². The van der Waals surface area contributed by atoms with Crippen LogP contribution in [-0.2, 0) is 15.7 Å². The Labute approximate surface area is 201 Å². The first-order chi connectivity index (χ1) is 16.2. The minimum absolute atomic E-state index is 0.00819. The van der Waals surface area contributed by atoms with E-state index in [4.69, 9.17) is 9.47 Å². The maximum absolute atomic E-state index is 12.7. The molecule has 1 saturated heterocycles. The Morgan fingerprint density at radius 3 is 2.56 bits per heavy atom. The summed E-state index contributed by atoms with van der Waals surface area (Å²) in [7, 11) is 1.71. The molecule has 1 amide bonds. The summed E-state index contributed by atoms with van der Waals surface area (Å²) in [6, 6.07) is -0.00819. The standard InChI is InChI=1S/C20H24BrF3N6O4/c1-29(16(31)12-33-7-2-8-34-15-11-27-28-18(32)17(15)21)14-3-5-30(6-4-14)19-25-9-13(10-26-19)20(22,23)24/h9-11,14H,2-8,12H2,1H3,(H,28,32). The number of aromatic nitrogens is 4. The van der Waals surface area contributed by atoms with E-state index in [1.54, 1.807) is 16.8 Å². The highest BCUT2D eigenvalue weighted by molar-refractivity contribution is 9.10. The van der Waals surface area contributed by atoms with E-state index in [-0.39, 0.29) is 41.1 Å². The van der Waals surface area contributed by atoms with Crippen molar-refractivity contribution >= 4 is 27.8 Å².